The zero-order valence-corrected chi connectivity index (χ0v) is 18.5. The number of aromatic hydroxyl groups is 1. The number of anilines is 1. The molecule has 30 heavy (non-hydrogen) atoms. The van der Waals surface area contributed by atoms with Gasteiger partial charge in [0, 0.05) is 37.9 Å². The standard InChI is InChI=1S/C25H35N3O2/c1-4-5-20-6-8-21(9-7-20)25(19(2)3)26-18-24(30)28-16-14-27(15-17-28)22-10-12-23(29)13-11-22/h6-13,19,25-26,29H,4-5,14-18H2,1-3H3/t25-/m0/s1. The first-order valence-electron chi connectivity index (χ1n) is 11.1. The van der Waals surface area contributed by atoms with Crippen molar-refractivity contribution >= 4 is 11.6 Å². The lowest BCUT2D eigenvalue weighted by molar-refractivity contribution is -0.130. The van der Waals surface area contributed by atoms with Crippen LogP contribution >= 0.6 is 0 Å². The highest BCUT2D eigenvalue weighted by Gasteiger charge is 2.23. The van der Waals surface area contributed by atoms with Crippen LogP contribution in [0.15, 0.2) is 48.5 Å². The zero-order chi connectivity index (χ0) is 21.5. The normalized spacial score (nSPS) is 15.5. The SMILES string of the molecule is CCCc1ccc([C@@H](NCC(=O)N2CCN(c3ccc(O)cc3)CC2)C(C)C)cc1. The number of amides is 1. The first kappa shape index (κ1) is 22.2. The van der Waals surface area contributed by atoms with Crippen molar-refractivity contribution in [2.45, 2.75) is 39.7 Å². The minimum absolute atomic E-state index is 0.161. The van der Waals surface area contributed by atoms with Crippen LogP contribution in [0.3, 0.4) is 0 Å². The van der Waals surface area contributed by atoms with Crippen LogP contribution in [-0.4, -0.2) is 48.6 Å². The van der Waals surface area contributed by atoms with Crippen molar-refractivity contribution in [1.82, 2.24) is 10.2 Å². The largest absolute Gasteiger partial charge is 0.508 e. The Kier molecular flexibility index (Phi) is 7.75. The summed E-state index contributed by atoms with van der Waals surface area (Å²) in [6.45, 7) is 10.0. The molecule has 1 aliphatic rings. The summed E-state index contributed by atoms with van der Waals surface area (Å²) >= 11 is 0. The number of aryl methyl sites for hydroxylation is 1. The van der Waals surface area contributed by atoms with Crippen molar-refractivity contribution in [3.63, 3.8) is 0 Å². The smallest absolute Gasteiger partial charge is 0.236 e. The summed E-state index contributed by atoms with van der Waals surface area (Å²) in [6, 6.07) is 16.2. The number of carbonyl (C=O) groups excluding carboxylic acids is 1. The number of piperazine rings is 1. The Bertz CT molecular complexity index is 794. The van der Waals surface area contributed by atoms with Crippen molar-refractivity contribution in [3.05, 3.63) is 59.7 Å². The molecule has 0 aliphatic carbocycles. The van der Waals surface area contributed by atoms with Crippen LogP contribution in [0.25, 0.3) is 0 Å². The maximum Gasteiger partial charge on any atom is 0.236 e. The van der Waals surface area contributed by atoms with Crippen LogP contribution in [0, 0.1) is 5.92 Å². The predicted molar refractivity (Wildman–Crippen MR) is 123 cm³/mol. The number of rotatable bonds is 8. The summed E-state index contributed by atoms with van der Waals surface area (Å²) in [5.74, 6) is 0.841. The quantitative estimate of drug-likeness (QED) is 0.692. The van der Waals surface area contributed by atoms with Crippen LogP contribution in [0.5, 0.6) is 5.75 Å². The third-order valence-corrected chi connectivity index (χ3v) is 5.86. The lowest BCUT2D eigenvalue weighted by Gasteiger charge is -2.36. The van der Waals surface area contributed by atoms with Crippen LogP contribution in [0.4, 0.5) is 5.69 Å². The van der Waals surface area contributed by atoms with Gasteiger partial charge < -0.3 is 20.2 Å². The first-order valence-corrected chi connectivity index (χ1v) is 11.1. The van der Waals surface area contributed by atoms with E-state index in [0.29, 0.717) is 12.5 Å². The fourth-order valence-corrected chi connectivity index (χ4v) is 4.11. The van der Waals surface area contributed by atoms with Gasteiger partial charge in [-0.1, -0.05) is 51.5 Å². The molecular weight excluding hydrogens is 374 g/mol. The lowest BCUT2D eigenvalue weighted by Crippen LogP contribution is -2.51. The van der Waals surface area contributed by atoms with Gasteiger partial charge in [0.05, 0.1) is 6.54 Å². The molecule has 0 spiro atoms. The summed E-state index contributed by atoms with van der Waals surface area (Å²) in [7, 11) is 0. The highest BCUT2D eigenvalue weighted by Crippen LogP contribution is 2.23. The Hall–Kier alpha value is -2.53. The minimum atomic E-state index is 0.161. The molecule has 1 saturated heterocycles. The van der Waals surface area contributed by atoms with Crippen molar-refractivity contribution in [1.29, 1.82) is 0 Å². The molecule has 0 aromatic heterocycles. The Morgan fingerprint density at radius 2 is 1.63 bits per heavy atom. The van der Waals surface area contributed by atoms with Crippen molar-refractivity contribution < 1.29 is 9.90 Å². The molecule has 1 fully saturated rings. The van der Waals surface area contributed by atoms with Crippen molar-refractivity contribution in [2.24, 2.45) is 5.92 Å². The molecule has 0 radical (unpaired) electrons. The summed E-state index contributed by atoms with van der Waals surface area (Å²) < 4.78 is 0. The number of phenolic OH excluding ortho intramolecular Hbond substituents is 1. The maximum atomic E-state index is 12.8. The van der Waals surface area contributed by atoms with E-state index < -0.39 is 0 Å². The topological polar surface area (TPSA) is 55.8 Å². The molecule has 1 atom stereocenters. The van der Waals surface area contributed by atoms with E-state index >= 15 is 0 Å². The van der Waals surface area contributed by atoms with Gasteiger partial charge >= 0.3 is 0 Å². The van der Waals surface area contributed by atoms with Gasteiger partial charge in [-0.25, -0.2) is 0 Å². The summed E-state index contributed by atoms with van der Waals surface area (Å²) in [5.41, 5.74) is 3.70. The molecule has 0 bridgehead atoms. The fourth-order valence-electron chi connectivity index (χ4n) is 4.11. The summed E-state index contributed by atoms with van der Waals surface area (Å²) in [6.07, 6.45) is 2.26. The average molecular weight is 410 g/mol. The minimum Gasteiger partial charge on any atom is -0.508 e. The highest BCUT2D eigenvalue weighted by molar-refractivity contribution is 5.78. The second-order valence-electron chi connectivity index (χ2n) is 8.48. The number of hydrogen-bond donors (Lipinski definition) is 2. The van der Waals surface area contributed by atoms with E-state index in [9.17, 15) is 9.90 Å². The first-order chi connectivity index (χ1) is 14.5. The van der Waals surface area contributed by atoms with E-state index in [4.69, 9.17) is 0 Å². The molecule has 2 aromatic carbocycles. The van der Waals surface area contributed by atoms with Crippen LogP contribution < -0.4 is 10.2 Å². The van der Waals surface area contributed by atoms with Gasteiger partial charge in [0.1, 0.15) is 5.75 Å². The molecule has 0 saturated carbocycles. The van der Waals surface area contributed by atoms with Gasteiger partial charge in [-0.2, -0.15) is 0 Å². The van der Waals surface area contributed by atoms with Gasteiger partial charge in [0.15, 0.2) is 0 Å². The van der Waals surface area contributed by atoms with E-state index in [1.165, 1.54) is 11.1 Å². The average Bonchev–Trinajstić information content (AvgIpc) is 2.75. The lowest BCUT2D eigenvalue weighted by atomic mass is 9.94. The zero-order valence-electron chi connectivity index (χ0n) is 18.5. The number of hydrogen-bond acceptors (Lipinski definition) is 4. The molecule has 0 unspecified atom stereocenters. The molecule has 2 aromatic rings. The van der Waals surface area contributed by atoms with E-state index in [2.05, 4.69) is 55.3 Å². The van der Waals surface area contributed by atoms with Gasteiger partial charge in [0.25, 0.3) is 0 Å². The molecule has 3 rings (SSSR count). The van der Waals surface area contributed by atoms with Crippen LogP contribution in [-0.2, 0) is 11.2 Å². The van der Waals surface area contributed by atoms with E-state index in [-0.39, 0.29) is 17.7 Å². The Balaban J connectivity index is 1.51. The number of carbonyl (C=O) groups is 1. The molecule has 162 valence electrons. The monoisotopic (exact) mass is 409 g/mol. The van der Waals surface area contributed by atoms with Gasteiger partial charge in [-0.05, 0) is 47.7 Å². The van der Waals surface area contributed by atoms with E-state index in [1.54, 1.807) is 12.1 Å². The van der Waals surface area contributed by atoms with Crippen LogP contribution in [0.1, 0.15) is 44.4 Å². The number of nitrogens with one attached hydrogen (secondary N) is 1. The van der Waals surface area contributed by atoms with Gasteiger partial charge in [-0.15, -0.1) is 0 Å². The molecule has 1 heterocycles. The van der Waals surface area contributed by atoms with Crippen molar-refractivity contribution in [3.8, 4) is 5.75 Å². The molecule has 1 amide bonds. The van der Waals surface area contributed by atoms with Crippen LogP contribution in [0.2, 0.25) is 0 Å². The Morgan fingerprint density at radius 3 is 2.20 bits per heavy atom. The van der Waals surface area contributed by atoms with Gasteiger partial charge in [0.2, 0.25) is 5.91 Å². The number of phenols is 1. The molecule has 2 N–H and O–H groups in total. The van der Waals surface area contributed by atoms with E-state index in [1.807, 2.05) is 17.0 Å². The predicted octanol–water partition coefficient (Wildman–Crippen LogP) is 3.98. The molecular formula is C25H35N3O2. The third-order valence-electron chi connectivity index (χ3n) is 5.86. The van der Waals surface area contributed by atoms with E-state index in [0.717, 1.165) is 44.7 Å². The van der Waals surface area contributed by atoms with Gasteiger partial charge in [-0.3, -0.25) is 4.79 Å². The Morgan fingerprint density at radius 1 is 1.00 bits per heavy atom. The second kappa shape index (κ2) is 10.5. The Labute approximate surface area is 180 Å². The molecule has 5 heteroatoms. The third kappa shape index (κ3) is 5.76. The highest BCUT2D eigenvalue weighted by atomic mass is 16.3. The summed E-state index contributed by atoms with van der Waals surface area (Å²) in [5, 5.41) is 13.0. The molecule has 5 nitrogen and oxygen atoms in total. The number of nitrogens with zero attached hydrogens (tertiary/aromatic N) is 2. The molecule has 1 aliphatic heterocycles. The number of benzene rings is 2. The fraction of sp³-hybridized carbons (Fsp3) is 0.480. The summed E-state index contributed by atoms with van der Waals surface area (Å²) in [4.78, 5) is 17.0. The maximum absolute atomic E-state index is 12.8. The van der Waals surface area contributed by atoms with Crippen molar-refractivity contribution in [2.75, 3.05) is 37.6 Å². The second-order valence-corrected chi connectivity index (χ2v) is 8.48.